The van der Waals surface area contributed by atoms with Gasteiger partial charge in [-0.3, -0.25) is 13.6 Å². The number of esters is 2. The summed E-state index contributed by atoms with van der Waals surface area (Å²) in [5.41, 5.74) is 7.23. The minimum absolute atomic E-state index is 0.171. The smallest absolute Gasteiger partial charge is 0.341 e. The van der Waals surface area contributed by atoms with Gasteiger partial charge in [0.05, 0.1) is 17.3 Å². The maximum atomic E-state index is 15.2. The molecule has 0 N–H and O–H groups in total. The average Bonchev–Trinajstić information content (AvgIpc) is 3.59. The molecule has 242 valence electrons. The van der Waals surface area contributed by atoms with Crippen LogP contribution < -0.4 is 0 Å². The third-order valence-electron chi connectivity index (χ3n) is 9.12. The van der Waals surface area contributed by atoms with Crippen LogP contribution in [-0.2, 0) is 29.2 Å². The van der Waals surface area contributed by atoms with E-state index in [1.165, 1.54) is 0 Å². The summed E-state index contributed by atoms with van der Waals surface area (Å²) in [6.07, 6.45) is -2.81. The van der Waals surface area contributed by atoms with E-state index in [1.54, 1.807) is 12.1 Å². The highest BCUT2D eigenvalue weighted by atomic mass is 31.2. The number of cyclic esters (lactones) is 2. The first-order chi connectivity index (χ1) is 23.8. The standard InChI is InChI=1S/C41H31O7P/c1-25-20-22-32-36(34(25)28-13-5-3-6-14-28)38(42)45-40(32)47-49(44,24-30-18-11-17-27-12-9-10-19-31(27)30)48-41-33-23-21-26(2)35(37(33)39(43)46-41)29-15-7-4-8-16-29/h3-23,40-41H,24H2,1-2H3. The van der Waals surface area contributed by atoms with Crippen molar-refractivity contribution in [3.63, 3.8) is 0 Å². The Morgan fingerprint density at radius 1 is 0.551 bits per heavy atom. The summed E-state index contributed by atoms with van der Waals surface area (Å²) in [7, 11) is -4.26. The first-order valence-corrected chi connectivity index (χ1v) is 17.7. The fourth-order valence-electron chi connectivity index (χ4n) is 6.86. The van der Waals surface area contributed by atoms with Crippen molar-refractivity contribution in [2.45, 2.75) is 32.6 Å². The van der Waals surface area contributed by atoms with Crippen LogP contribution in [0.5, 0.6) is 0 Å². The maximum absolute atomic E-state index is 15.2. The van der Waals surface area contributed by atoms with Gasteiger partial charge in [0.15, 0.2) is 0 Å². The van der Waals surface area contributed by atoms with Gasteiger partial charge < -0.3 is 9.47 Å². The molecule has 6 aromatic rings. The Hall–Kier alpha value is -5.33. The number of benzene rings is 6. The zero-order valence-corrected chi connectivity index (χ0v) is 27.7. The predicted octanol–water partition coefficient (Wildman–Crippen LogP) is 10.3. The molecule has 0 fully saturated rings. The number of aryl methyl sites for hydroxylation is 2. The van der Waals surface area contributed by atoms with Crippen LogP contribution in [-0.4, -0.2) is 11.9 Å². The quantitative estimate of drug-likeness (QED) is 0.118. The molecule has 2 aliphatic heterocycles. The molecule has 8 heteroatoms. The third kappa shape index (κ3) is 5.56. The molecule has 49 heavy (non-hydrogen) atoms. The van der Waals surface area contributed by atoms with Crippen molar-refractivity contribution in [1.82, 2.24) is 0 Å². The fourth-order valence-corrected chi connectivity index (χ4v) is 8.65. The molecule has 6 aromatic carbocycles. The highest BCUT2D eigenvalue weighted by Gasteiger charge is 2.45. The molecule has 0 spiro atoms. The van der Waals surface area contributed by atoms with E-state index in [2.05, 4.69) is 0 Å². The lowest BCUT2D eigenvalue weighted by Crippen LogP contribution is -2.10. The van der Waals surface area contributed by atoms with Gasteiger partial charge in [-0.2, -0.15) is 0 Å². The van der Waals surface area contributed by atoms with Gasteiger partial charge in [0.2, 0.25) is 12.6 Å². The van der Waals surface area contributed by atoms with Crippen molar-refractivity contribution in [3.05, 3.63) is 166 Å². The van der Waals surface area contributed by atoms with Gasteiger partial charge in [0.25, 0.3) is 0 Å². The van der Waals surface area contributed by atoms with E-state index in [9.17, 15) is 9.59 Å². The largest absolute Gasteiger partial charge is 0.427 e. The minimum Gasteiger partial charge on any atom is -0.427 e. The van der Waals surface area contributed by atoms with Gasteiger partial charge in [0.1, 0.15) is 0 Å². The Morgan fingerprint density at radius 2 is 1.02 bits per heavy atom. The van der Waals surface area contributed by atoms with Crippen molar-refractivity contribution in [1.29, 1.82) is 0 Å². The zero-order chi connectivity index (χ0) is 33.7. The predicted molar refractivity (Wildman–Crippen MR) is 187 cm³/mol. The van der Waals surface area contributed by atoms with Crippen molar-refractivity contribution >= 4 is 30.3 Å². The van der Waals surface area contributed by atoms with Crippen molar-refractivity contribution < 1.29 is 32.7 Å². The van der Waals surface area contributed by atoms with Crippen LogP contribution in [0.25, 0.3) is 33.0 Å². The Bertz CT molecular complexity index is 2190. The van der Waals surface area contributed by atoms with Gasteiger partial charge in [-0.1, -0.05) is 127 Å². The molecule has 0 amide bonds. The lowest BCUT2D eigenvalue weighted by Gasteiger charge is -2.25. The van der Waals surface area contributed by atoms with Crippen LogP contribution in [0.1, 0.15) is 61.1 Å². The molecule has 2 aliphatic rings. The molecule has 0 saturated carbocycles. The zero-order valence-electron chi connectivity index (χ0n) is 26.8. The lowest BCUT2D eigenvalue weighted by atomic mass is 9.92. The third-order valence-corrected chi connectivity index (χ3v) is 10.9. The van der Waals surface area contributed by atoms with E-state index in [0.29, 0.717) is 27.8 Å². The molecular weight excluding hydrogens is 635 g/mol. The second-order valence-corrected chi connectivity index (χ2v) is 14.2. The minimum atomic E-state index is -4.26. The monoisotopic (exact) mass is 666 g/mol. The first kappa shape index (κ1) is 31.0. The normalized spacial score (nSPS) is 17.7. The van der Waals surface area contributed by atoms with E-state index in [0.717, 1.165) is 44.2 Å². The number of fused-ring (bicyclic) bond motifs is 3. The Balaban J connectivity index is 1.21. The summed E-state index contributed by atoms with van der Waals surface area (Å²) in [6.45, 7) is 3.85. The molecule has 8 rings (SSSR count). The average molecular weight is 667 g/mol. The second-order valence-electron chi connectivity index (χ2n) is 12.3. The summed E-state index contributed by atoms with van der Waals surface area (Å²) in [6, 6.07) is 39.9. The number of hydrogen-bond donors (Lipinski definition) is 0. The van der Waals surface area contributed by atoms with Gasteiger partial charge in [-0.25, -0.2) is 9.59 Å². The van der Waals surface area contributed by atoms with E-state index >= 15 is 4.57 Å². The Morgan fingerprint density at radius 3 is 1.55 bits per heavy atom. The van der Waals surface area contributed by atoms with E-state index < -0.39 is 32.1 Å². The maximum Gasteiger partial charge on any atom is 0.341 e. The highest BCUT2D eigenvalue weighted by molar-refractivity contribution is 7.53. The van der Waals surface area contributed by atoms with Crippen molar-refractivity contribution in [3.8, 4) is 22.3 Å². The van der Waals surface area contributed by atoms with Crippen molar-refractivity contribution in [2.75, 3.05) is 0 Å². The van der Waals surface area contributed by atoms with Gasteiger partial charge >= 0.3 is 19.5 Å². The van der Waals surface area contributed by atoms with Crippen LogP contribution in [0.3, 0.4) is 0 Å². The van der Waals surface area contributed by atoms with Crippen LogP contribution in [0.15, 0.2) is 127 Å². The molecule has 0 bridgehead atoms. The molecular formula is C41H31O7P. The number of carbonyl (C=O) groups excluding carboxylic acids is 2. The van der Waals surface area contributed by atoms with E-state index in [-0.39, 0.29) is 6.16 Å². The van der Waals surface area contributed by atoms with Crippen LogP contribution in [0.4, 0.5) is 0 Å². The molecule has 2 unspecified atom stereocenters. The summed E-state index contributed by atoms with van der Waals surface area (Å²) in [4.78, 5) is 27.0. The number of ether oxygens (including phenoxy) is 2. The first-order valence-electron chi connectivity index (χ1n) is 16.0. The van der Waals surface area contributed by atoms with Crippen LogP contribution in [0.2, 0.25) is 0 Å². The summed E-state index contributed by atoms with van der Waals surface area (Å²) >= 11 is 0. The SMILES string of the molecule is Cc1ccc2c(c1-c1ccccc1)C(=O)OC2OP(=O)(Cc1cccc2ccccc12)OC1OC(=O)c2c1ccc(C)c2-c1ccccc1. The molecule has 2 heterocycles. The topological polar surface area (TPSA) is 88.1 Å². The summed E-state index contributed by atoms with van der Waals surface area (Å²) < 4.78 is 39.4. The molecule has 2 atom stereocenters. The van der Waals surface area contributed by atoms with E-state index in [1.807, 2.05) is 129 Å². The molecule has 0 saturated heterocycles. The van der Waals surface area contributed by atoms with Crippen molar-refractivity contribution in [2.24, 2.45) is 0 Å². The second kappa shape index (κ2) is 12.3. The lowest BCUT2D eigenvalue weighted by molar-refractivity contribution is -0.0758. The van der Waals surface area contributed by atoms with Crippen LogP contribution >= 0.6 is 7.60 Å². The van der Waals surface area contributed by atoms with Gasteiger partial charge in [0, 0.05) is 11.1 Å². The van der Waals surface area contributed by atoms with Gasteiger partial charge in [-0.15, -0.1) is 0 Å². The van der Waals surface area contributed by atoms with E-state index in [4.69, 9.17) is 18.5 Å². The fraction of sp³-hybridized carbons (Fsp3) is 0.122. The Labute approximate surface area is 283 Å². The number of rotatable bonds is 8. The number of hydrogen-bond acceptors (Lipinski definition) is 7. The molecule has 0 aliphatic carbocycles. The molecule has 0 aromatic heterocycles. The summed E-state index contributed by atoms with van der Waals surface area (Å²) in [5.74, 6) is -1.17. The number of carbonyl (C=O) groups is 2. The highest BCUT2D eigenvalue weighted by Crippen LogP contribution is 2.61. The summed E-state index contributed by atoms with van der Waals surface area (Å²) in [5, 5.41) is 1.82. The van der Waals surface area contributed by atoms with Gasteiger partial charge in [-0.05, 0) is 63.6 Å². The van der Waals surface area contributed by atoms with Crippen LogP contribution in [0, 0.1) is 13.8 Å². The molecule has 0 radical (unpaired) electrons. The molecule has 7 nitrogen and oxygen atoms in total. The Kier molecular flexibility index (Phi) is 7.76.